The molecule has 0 aromatic heterocycles. The maximum atomic E-state index is 11.4. The summed E-state index contributed by atoms with van der Waals surface area (Å²) in [6.07, 6.45) is 0. The summed E-state index contributed by atoms with van der Waals surface area (Å²) in [6.45, 7) is 5.99. The molecule has 2 N–H and O–H groups in total. The molecule has 0 bridgehead atoms. The predicted molar refractivity (Wildman–Crippen MR) is 66.3 cm³/mol. The van der Waals surface area contributed by atoms with Crippen LogP contribution < -0.4 is 10.6 Å². The van der Waals surface area contributed by atoms with Crippen LogP contribution in [0.1, 0.15) is 31.0 Å². The summed E-state index contributed by atoms with van der Waals surface area (Å²) >= 11 is 0. The van der Waals surface area contributed by atoms with Crippen LogP contribution in [0.4, 0.5) is 0 Å². The van der Waals surface area contributed by atoms with Gasteiger partial charge in [-0.15, -0.1) is 0 Å². The lowest BCUT2D eigenvalue weighted by atomic mass is 10.1. The van der Waals surface area contributed by atoms with Gasteiger partial charge in [0.1, 0.15) is 0 Å². The highest BCUT2D eigenvalue weighted by Gasteiger charge is 2.14. The van der Waals surface area contributed by atoms with Crippen molar-refractivity contribution in [2.24, 2.45) is 0 Å². The monoisotopic (exact) mass is 220 g/mol. The van der Waals surface area contributed by atoms with Crippen LogP contribution in [0.15, 0.2) is 24.3 Å². The summed E-state index contributed by atoms with van der Waals surface area (Å²) < 4.78 is 0. The number of aryl methyl sites for hydroxylation is 1. The van der Waals surface area contributed by atoms with E-state index >= 15 is 0 Å². The molecule has 1 aromatic carbocycles. The van der Waals surface area contributed by atoms with Gasteiger partial charge < -0.3 is 5.32 Å². The first-order valence-corrected chi connectivity index (χ1v) is 5.58. The number of likely N-dealkylation sites (N-methyl/N-ethyl adjacent to an activating group) is 1. The molecule has 2 atom stereocenters. The number of hydrogen-bond acceptors (Lipinski definition) is 2. The van der Waals surface area contributed by atoms with Gasteiger partial charge in [0, 0.05) is 13.1 Å². The number of carbonyl (C=O) groups excluding carboxylic acids is 1. The van der Waals surface area contributed by atoms with Crippen molar-refractivity contribution >= 4 is 5.91 Å². The predicted octanol–water partition coefficient (Wildman–Crippen LogP) is 1.78. The Bertz CT molecular complexity index is 345. The Balaban J connectivity index is 2.61. The molecule has 0 spiro atoms. The molecular formula is C13H20N2O. The van der Waals surface area contributed by atoms with Gasteiger partial charge in [0.2, 0.25) is 5.91 Å². The number of carbonyl (C=O) groups is 1. The van der Waals surface area contributed by atoms with Gasteiger partial charge in [0.15, 0.2) is 0 Å². The average molecular weight is 220 g/mol. The van der Waals surface area contributed by atoms with Crippen molar-refractivity contribution in [3.8, 4) is 0 Å². The molecule has 1 unspecified atom stereocenters. The van der Waals surface area contributed by atoms with Gasteiger partial charge in [-0.1, -0.05) is 29.8 Å². The van der Waals surface area contributed by atoms with Gasteiger partial charge in [-0.3, -0.25) is 10.1 Å². The highest BCUT2D eigenvalue weighted by atomic mass is 16.2. The summed E-state index contributed by atoms with van der Waals surface area (Å²) in [5.41, 5.74) is 2.44. The molecule has 1 rings (SSSR count). The molecule has 0 aliphatic carbocycles. The van der Waals surface area contributed by atoms with Gasteiger partial charge in [-0.05, 0) is 26.3 Å². The minimum absolute atomic E-state index is 0.0129. The fraction of sp³-hybridized carbons (Fsp3) is 0.462. The summed E-state index contributed by atoms with van der Waals surface area (Å²) in [6, 6.07) is 8.33. The minimum Gasteiger partial charge on any atom is -0.358 e. The maximum absolute atomic E-state index is 11.4. The van der Waals surface area contributed by atoms with Crippen LogP contribution in [0.25, 0.3) is 0 Å². The van der Waals surface area contributed by atoms with E-state index in [4.69, 9.17) is 0 Å². The zero-order valence-electron chi connectivity index (χ0n) is 10.4. The Labute approximate surface area is 97.2 Å². The molecule has 3 heteroatoms. The van der Waals surface area contributed by atoms with E-state index in [-0.39, 0.29) is 18.0 Å². The van der Waals surface area contributed by atoms with E-state index in [1.165, 1.54) is 11.1 Å². The van der Waals surface area contributed by atoms with Gasteiger partial charge in [-0.25, -0.2) is 0 Å². The van der Waals surface area contributed by atoms with Crippen LogP contribution in [0.5, 0.6) is 0 Å². The average Bonchev–Trinajstić information content (AvgIpc) is 2.28. The molecule has 0 aliphatic heterocycles. The zero-order chi connectivity index (χ0) is 12.1. The van der Waals surface area contributed by atoms with Crippen LogP contribution in [0.3, 0.4) is 0 Å². The minimum atomic E-state index is -0.179. The molecule has 0 saturated heterocycles. The van der Waals surface area contributed by atoms with E-state index in [9.17, 15) is 4.79 Å². The third-order valence-electron chi connectivity index (χ3n) is 2.72. The molecule has 0 fully saturated rings. The second-order valence-corrected chi connectivity index (χ2v) is 4.13. The molecule has 3 nitrogen and oxygen atoms in total. The van der Waals surface area contributed by atoms with Crippen LogP contribution in [-0.2, 0) is 4.79 Å². The topological polar surface area (TPSA) is 41.1 Å². The molecule has 16 heavy (non-hydrogen) atoms. The van der Waals surface area contributed by atoms with Crippen molar-refractivity contribution < 1.29 is 4.79 Å². The number of hydrogen-bond donors (Lipinski definition) is 2. The molecule has 1 amide bonds. The molecule has 1 aromatic rings. The Morgan fingerprint density at radius 1 is 1.19 bits per heavy atom. The van der Waals surface area contributed by atoms with E-state index in [2.05, 4.69) is 48.7 Å². The van der Waals surface area contributed by atoms with Crippen LogP contribution in [-0.4, -0.2) is 19.0 Å². The highest BCUT2D eigenvalue weighted by Crippen LogP contribution is 2.13. The van der Waals surface area contributed by atoms with Crippen LogP contribution in [0.2, 0.25) is 0 Å². The third kappa shape index (κ3) is 3.35. The number of rotatable bonds is 4. The van der Waals surface area contributed by atoms with E-state index in [1.54, 1.807) is 7.05 Å². The lowest BCUT2D eigenvalue weighted by Crippen LogP contribution is -2.41. The molecule has 0 radical (unpaired) electrons. The number of amides is 1. The van der Waals surface area contributed by atoms with Crippen LogP contribution >= 0.6 is 0 Å². The van der Waals surface area contributed by atoms with Crippen molar-refractivity contribution in [2.45, 2.75) is 32.9 Å². The van der Waals surface area contributed by atoms with E-state index in [0.717, 1.165) is 0 Å². The summed E-state index contributed by atoms with van der Waals surface area (Å²) in [5, 5.41) is 5.88. The van der Waals surface area contributed by atoms with Crippen LogP contribution in [0, 0.1) is 6.92 Å². The Morgan fingerprint density at radius 2 is 1.75 bits per heavy atom. The number of benzene rings is 1. The summed E-state index contributed by atoms with van der Waals surface area (Å²) in [7, 11) is 1.65. The first kappa shape index (κ1) is 12.7. The second-order valence-electron chi connectivity index (χ2n) is 4.13. The molecule has 0 aliphatic rings. The molecule has 0 saturated carbocycles. The maximum Gasteiger partial charge on any atom is 0.236 e. The van der Waals surface area contributed by atoms with Crippen molar-refractivity contribution in [3.63, 3.8) is 0 Å². The van der Waals surface area contributed by atoms with Crippen molar-refractivity contribution in [2.75, 3.05) is 7.05 Å². The lowest BCUT2D eigenvalue weighted by molar-refractivity contribution is -0.122. The van der Waals surface area contributed by atoms with E-state index in [0.29, 0.717) is 0 Å². The van der Waals surface area contributed by atoms with Crippen molar-refractivity contribution in [3.05, 3.63) is 35.4 Å². The molecular weight excluding hydrogens is 200 g/mol. The van der Waals surface area contributed by atoms with E-state index in [1.807, 2.05) is 6.92 Å². The standard InChI is InChI=1S/C13H20N2O/c1-9-5-7-12(8-6-9)10(2)15-11(3)13(16)14-4/h5-8,10-11,15H,1-4H3,(H,14,16)/t10?,11-/m1/s1. The van der Waals surface area contributed by atoms with Gasteiger partial charge >= 0.3 is 0 Å². The lowest BCUT2D eigenvalue weighted by Gasteiger charge is -2.19. The summed E-state index contributed by atoms with van der Waals surface area (Å²) in [5.74, 6) is 0.0129. The first-order valence-electron chi connectivity index (χ1n) is 5.58. The quantitative estimate of drug-likeness (QED) is 0.812. The SMILES string of the molecule is CNC(=O)[C@@H](C)NC(C)c1ccc(C)cc1. The Hall–Kier alpha value is -1.35. The Kier molecular flexibility index (Phi) is 4.50. The summed E-state index contributed by atoms with van der Waals surface area (Å²) in [4.78, 5) is 11.4. The normalized spacial score (nSPS) is 14.2. The van der Waals surface area contributed by atoms with Crippen molar-refractivity contribution in [1.29, 1.82) is 0 Å². The van der Waals surface area contributed by atoms with E-state index < -0.39 is 0 Å². The largest absolute Gasteiger partial charge is 0.358 e. The Morgan fingerprint density at radius 3 is 2.25 bits per heavy atom. The first-order chi connectivity index (χ1) is 7.54. The smallest absolute Gasteiger partial charge is 0.236 e. The van der Waals surface area contributed by atoms with Gasteiger partial charge in [0.05, 0.1) is 6.04 Å². The zero-order valence-corrected chi connectivity index (χ0v) is 10.4. The number of nitrogens with one attached hydrogen (secondary N) is 2. The third-order valence-corrected chi connectivity index (χ3v) is 2.72. The fourth-order valence-corrected chi connectivity index (χ4v) is 1.62. The highest BCUT2D eigenvalue weighted by molar-refractivity contribution is 5.80. The second kappa shape index (κ2) is 5.66. The molecule has 0 heterocycles. The molecule has 88 valence electrons. The van der Waals surface area contributed by atoms with Crippen molar-refractivity contribution in [1.82, 2.24) is 10.6 Å². The fourth-order valence-electron chi connectivity index (χ4n) is 1.62. The van der Waals surface area contributed by atoms with Gasteiger partial charge in [-0.2, -0.15) is 0 Å². The van der Waals surface area contributed by atoms with Gasteiger partial charge in [0.25, 0.3) is 0 Å².